The maximum absolute atomic E-state index is 12.1. The van der Waals surface area contributed by atoms with E-state index in [0.717, 1.165) is 11.1 Å². The van der Waals surface area contributed by atoms with Gasteiger partial charge in [-0.05, 0) is 30.7 Å². The maximum Gasteiger partial charge on any atom is 0.251 e. The number of benzene rings is 1. The van der Waals surface area contributed by atoms with Crippen LogP contribution in [0.4, 0.5) is 0 Å². The number of hydrogen-bond donors (Lipinski definition) is 3. The van der Waals surface area contributed by atoms with Crippen LogP contribution in [0.25, 0.3) is 11.1 Å². The Hall–Kier alpha value is -2.11. The third kappa shape index (κ3) is 3.07. The molecule has 5 nitrogen and oxygen atoms in total. The quantitative estimate of drug-likeness (QED) is 0.770. The van der Waals surface area contributed by atoms with E-state index in [-0.39, 0.29) is 19.1 Å². The highest BCUT2D eigenvalue weighted by Gasteiger charge is 2.25. The van der Waals surface area contributed by atoms with Gasteiger partial charge < -0.3 is 19.9 Å². The van der Waals surface area contributed by atoms with Gasteiger partial charge >= 0.3 is 0 Å². The summed E-state index contributed by atoms with van der Waals surface area (Å²) in [5.74, 6) is -0.346. The molecule has 106 valence electrons. The molecular weight excluding hydrogens is 258 g/mol. The number of hydrogen-bond acceptors (Lipinski definition) is 4. The normalized spacial score (nSPS) is 11.3. The number of aliphatic hydroxyl groups excluding tert-OH is 2. The average Bonchev–Trinajstić information content (AvgIpc) is 3.01. The fourth-order valence-electron chi connectivity index (χ4n) is 1.74. The van der Waals surface area contributed by atoms with Crippen LogP contribution in [0.3, 0.4) is 0 Å². The Balaban J connectivity index is 2.21. The molecule has 0 bridgehead atoms. The summed E-state index contributed by atoms with van der Waals surface area (Å²) in [5.41, 5.74) is 1.16. The Bertz CT molecular complexity index is 573. The van der Waals surface area contributed by atoms with Crippen molar-refractivity contribution >= 4 is 5.91 Å². The second kappa shape index (κ2) is 5.90. The van der Waals surface area contributed by atoms with Gasteiger partial charge in [-0.3, -0.25) is 4.79 Å². The number of aliphatic hydroxyl groups is 2. The minimum atomic E-state index is -1.04. The molecule has 2 rings (SSSR count). The largest absolute Gasteiger partial charge is 0.472 e. The van der Waals surface area contributed by atoms with Gasteiger partial charge in [0.25, 0.3) is 5.91 Å². The van der Waals surface area contributed by atoms with Crippen LogP contribution in [-0.2, 0) is 0 Å². The highest BCUT2D eigenvalue weighted by atomic mass is 16.3. The molecule has 20 heavy (non-hydrogen) atoms. The van der Waals surface area contributed by atoms with E-state index in [1.807, 2.05) is 12.1 Å². The lowest BCUT2D eigenvalue weighted by atomic mass is 10.0. The van der Waals surface area contributed by atoms with Gasteiger partial charge in [-0.1, -0.05) is 12.1 Å². The van der Waals surface area contributed by atoms with E-state index in [9.17, 15) is 15.0 Å². The maximum atomic E-state index is 12.1. The Morgan fingerprint density at radius 2 is 2.00 bits per heavy atom. The summed E-state index contributed by atoms with van der Waals surface area (Å²) in [5, 5.41) is 21.0. The van der Waals surface area contributed by atoms with Crippen molar-refractivity contribution in [2.75, 3.05) is 13.2 Å². The number of furan rings is 1. The van der Waals surface area contributed by atoms with Crippen LogP contribution in [0.2, 0.25) is 0 Å². The molecule has 1 heterocycles. The molecule has 0 atom stereocenters. The van der Waals surface area contributed by atoms with Crippen molar-refractivity contribution < 1.29 is 19.4 Å². The van der Waals surface area contributed by atoms with Crippen LogP contribution >= 0.6 is 0 Å². The number of carbonyl (C=O) groups is 1. The fraction of sp³-hybridized carbons (Fsp3) is 0.267. The van der Waals surface area contributed by atoms with Crippen molar-refractivity contribution in [3.63, 3.8) is 0 Å². The molecule has 0 saturated heterocycles. The molecule has 3 N–H and O–H groups in total. The van der Waals surface area contributed by atoms with Crippen molar-refractivity contribution in [3.8, 4) is 11.1 Å². The second-order valence-corrected chi connectivity index (χ2v) is 4.92. The third-order valence-electron chi connectivity index (χ3n) is 3.09. The molecule has 5 heteroatoms. The van der Waals surface area contributed by atoms with Crippen molar-refractivity contribution in [1.82, 2.24) is 5.32 Å². The first-order valence-corrected chi connectivity index (χ1v) is 6.25. The van der Waals surface area contributed by atoms with Crippen molar-refractivity contribution in [2.45, 2.75) is 12.5 Å². The molecule has 0 radical (unpaired) electrons. The molecule has 0 aliphatic rings. The van der Waals surface area contributed by atoms with Gasteiger partial charge in [-0.2, -0.15) is 0 Å². The lowest BCUT2D eigenvalue weighted by molar-refractivity contribution is 0.0724. The number of amides is 1. The van der Waals surface area contributed by atoms with E-state index < -0.39 is 5.54 Å². The lowest BCUT2D eigenvalue weighted by Crippen LogP contribution is -2.51. The molecule has 2 aromatic rings. The Labute approximate surface area is 116 Å². The van der Waals surface area contributed by atoms with Crippen molar-refractivity contribution in [3.05, 3.63) is 48.4 Å². The number of carbonyl (C=O) groups excluding carboxylic acids is 1. The third-order valence-corrected chi connectivity index (χ3v) is 3.09. The molecule has 0 aliphatic heterocycles. The van der Waals surface area contributed by atoms with E-state index in [1.54, 1.807) is 37.6 Å². The molecule has 0 unspecified atom stereocenters. The monoisotopic (exact) mass is 275 g/mol. The Morgan fingerprint density at radius 1 is 1.25 bits per heavy atom. The van der Waals surface area contributed by atoms with Crippen LogP contribution in [0.15, 0.2) is 47.3 Å². The zero-order chi connectivity index (χ0) is 14.6. The van der Waals surface area contributed by atoms with Crippen LogP contribution in [0.1, 0.15) is 17.3 Å². The first-order valence-electron chi connectivity index (χ1n) is 6.25. The van der Waals surface area contributed by atoms with E-state index in [2.05, 4.69) is 5.32 Å². The lowest BCUT2D eigenvalue weighted by Gasteiger charge is -2.26. The van der Waals surface area contributed by atoms with Crippen LogP contribution in [0, 0.1) is 0 Å². The highest BCUT2D eigenvalue weighted by molar-refractivity contribution is 5.95. The van der Waals surface area contributed by atoms with Gasteiger partial charge in [0.15, 0.2) is 0 Å². The molecule has 1 amide bonds. The molecule has 1 aromatic carbocycles. The van der Waals surface area contributed by atoms with Gasteiger partial charge in [0.05, 0.1) is 31.3 Å². The predicted octanol–water partition coefficient (Wildman–Crippen LogP) is 1.42. The molecule has 0 spiro atoms. The Morgan fingerprint density at radius 3 is 2.60 bits per heavy atom. The first-order chi connectivity index (χ1) is 9.58. The van der Waals surface area contributed by atoms with Crippen molar-refractivity contribution in [1.29, 1.82) is 0 Å². The summed E-state index contributed by atoms with van der Waals surface area (Å²) in [6.45, 7) is 0.901. The van der Waals surface area contributed by atoms with E-state index in [4.69, 9.17) is 4.42 Å². The van der Waals surface area contributed by atoms with Gasteiger partial charge in [0.1, 0.15) is 0 Å². The second-order valence-electron chi connectivity index (χ2n) is 4.92. The zero-order valence-corrected chi connectivity index (χ0v) is 11.2. The summed E-state index contributed by atoms with van der Waals surface area (Å²) >= 11 is 0. The minimum absolute atomic E-state index is 0.337. The smallest absolute Gasteiger partial charge is 0.251 e. The molecular formula is C15H17NO4. The van der Waals surface area contributed by atoms with Gasteiger partial charge in [0, 0.05) is 11.1 Å². The highest BCUT2D eigenvalue weighted by Crippen LogP contribution is 2.21. The SMILES string of the molecule is CC(CO)(CO)NC(=O)c1cccc(-c2ccoc2)c1. The minimum Gasteiger partial charge on any atom is -0.472 e. The molecule has 0 saturated carbocycles. The van der Waals surface area contributed by atoms with Crippen LogP contribution in [-0.4, -0.2) is 34.9 Å². The van der Waals surface area contributed by atoms with Crippen LogP contribution in [0.5, 0.6) is 0 Å². The standard InChI is InChI=1S/C15H17NO4/c1-15(9-17,10-18)16-14(19)12-4-2-3-11(7-12)13-5-6-20-8-13/h2-8,17-18H,9-10H2,1H3,(H,16,19). The topological polar surface area (TPSA) is 82.7 Å². The molecule has 0 aliphatic carbocycles. The van der Waals surface area contributed by atoms with E-state index in [0.29, 0.717) is 5.56 Å². The number of nitrogens with one attached hydrogen (secondary N) is 1. The Kier molecular flexibility index (Phi) is 4.22. The van der Waals surface area contributed by atoms with Crippen LogP contribution < -0.4 is 5.32 Å². The molecule has 1 aromatic heterocycles. The summed E-state index contributed by atoms with van der Waals surface area (Å²) in [4.78, 5) is 12.1. The number of rotatable bonds is 5. The predicted molar refractivity (Wildman–Crippen MR) is 74.2 cm³/mol. The van der Waals surface area contributed by atoms with E-state index in [1.165, 1.54) is 0 Å². The van der Waals surface area contributed by atoms with Crippen molar-refractivity contribution in [2.24, 2.45) is 0 Å². The summed E-state index contributed by atoms with van der Waals surface area (Å²) < 4.78 is 5.02. The summed E-state index contributed by atoms with van der Waals surface area (Å²) in [7, 11) is 0. The molecule has 0 fully saturated rings. The average molecular weight is 275 g/mol. The van der Waals surface area contributed by atoms with E-state index >= 15 is 0 Å². The summed E-state index contributed by atoms with van der Waals surface area (Å²) in [6.07, 6.45) is 3.17. The fourth-order valence-corrected chi connectivity index (χ4v) is 1.74. The van der Waals surface area contributed by atoms with Gasteiger partial charge in [-0.25, -0.2) is 0 Å². The summed E-state index contributed by atoms with van der Waals surface area (Å²) in [6, 6.07) is 8.86. The van der Waals surface area contributed by atoms with Gasteiger partial charge in [0.2, 0.25) is 0 Å². The van der Waals surface area contributed by atoms with Gasteiger partial charge in [-0.15, -0.1) is 0 Å². The zero-order valence-electron chi connectivity index (χ0n) is 11.2. The first kappa shape index (κ1) is 14.3.